The molecule has 0 unspecified atom stereocenters. The number of nitrogens with zero attached hydrogens (tertiary/aromatic N) is 1. The quantitative estimate of drug-likeness (QED) is 0.770. The molecule has 1 aliphatic carbocycles. The lowest BCUT2D eigenvalue weighted by Gasteiger charge is -2.52. The van der Waals surface area contributed by atoms with Gasteiger partial charge in [0.1, 0.15) is 0 Å². The molecule has 2 aliphatic rings. The molecule has 17 heavy (non-hydrogen) atoms. The van der Waals surface area contributed by atoms with E-state index in [1.165, 1.54) is 0 Å². The van der Waals surface area contributed by atoms with Crippen molar-refractivity contribution in [2.45, 2.75) is 51.6 Å². The predicted molar refractivity (Wildman–Crippen MR) is 64.7 cm³/mol. The summed E-state index contributed by atoms with van der Waals surface area (Å²) < 4.78 is 5.18. The Morgan fingerprint density at radius 2 is 2.06 bits per heavy atom. The maximum Gasteiger partial charge on any atom is 0.409 e. The predicted octanol–water partition coefficient (Wildman–Crippen LogP) is 2.16. The molecule has 1 N–H and O–H groups in total. The fraction of sp³-hybridized carbons (Fsp3) is 0.923. The lowest BCUT2D eigenvalue weighted by Crippen LogP contribution is -2.59. The van der Waals surface area contributed by atoms with Crippen LogP contribution in [0.1, 0.15) is 45.4 Å². The van der Waals surface area contributed by atoms with Crippen LogP contribution in [-0.2, 0) is 4.74 Å². The lowest BCUT2D eigenvalue weighted by atomic mass is 9.68. The van der Waals surface area contributed by atoms with E-state index in [4.69, 9.17) is 4.74 Å². The van der Waals surface area contributed by atoms with Crippen molar-refractivity contribution in [3.05, 3.63) is 0 Å². The zero-order chi connectivity index (χ0) is 12.3. The minimum absolute atomic E-state index is 0.119. The van der Waals surface area contributed by atoms with Crippen molar-refractivity contribution in [2.75, 3.05) is 19.7 Å². The van der Waals surface area contributed by atoms with E-state index >= 15 is 0 Å². The summed E-state index contributed by atoms with van der Waals surface area (Å²) >= 11 is 0. The fourth-order valence-electron chi connectivity index (χ4n) is 2.82. The van der Waals surface area contributed by atoms with Crippen molar-refractivity contribution in [1.82, 2.24) is 4.90 Å². The molecule has 4 heteroatoms. The van der Waals surface area contributed by atoms with Gasteiger partial charge in [-0.2, -0.15) is 0 Å². The molecule has 0 aromatic rings. The molecule has 0 aromatic heterocycles. The summed E-state index contributed by atoms with van der Waals surface area (Å²) in [5, 5.41) is 9.47. The third-order valence-corrected chi connectivity index (χ3v) is 4.05. The van der Waals surface area contributed by atoms with E-state index in [1.54, 1.807) is 4.90 Å². The van der Waals surface area contributed by atoms with Crippen LogP contribution in [0.25, 0.3) is 0 Å². The van der Waals surface area contributed by atoms with Gasteiger partial charge in [0.05, 0.1) is 12.7 Å². The van der Waals surface area contributed by atoms with Crippen molar-refractivity contribution in [1.29, 1.82) is 0 Å². The van der Waals surface area contributed by atoms with Gasteiger partial charge in [-0.1, -0.05) is 13.3 Å². The second-order valence-corrected chi connectivity index (χ2v) is 5.56. The van der Waals surface area contributed by atoms with E-state index in [9.17, 15) is 9.90 Å². The molecule has 1 spiro atoms. The van der Waals surface area contributed by atoms with Gasteiger partial charge in [0.25, 0.3) is 0 Å². The monoisotopic (exact) mass is 241 g/mol. The number of likely N-dealkylation sites (tertiary alicyclic amines) is 1. The van der Waals surface area contributed by atoms with Crippen molar-refractivity contribution in [3.8, 4) is 0 Å². The van der Waals surface area contributed by atoms with Crippen LogP contribution in [0.15, 0.2) is 0 Å². The molecular weight excluding hydrogens is 218 g/mol. The van der Waals surface area contributed by atoms with Crippen molar-refractivity contribution < 1.29 is 14.6 Å². The van der Waals surface area contributed by atoms with E-state index in [2.05, 4.69) is 6.92 Å². The van der Waals surface area contributed by atoms with Crippen LogP contribution in [0.2, 0.25) is 0 Å². The molecule has 1 aliphatic heterocycles. The van der Waals surface area contributed by atoms with E-state index in [0.29, 0.717) is 12.0 Å². The Labute approximate surface area is 103 Å². The van der Waals surface area contributed by atoms with Gasteiger partial charge in [-0.25, -0.2) is 4.79 Å². The first-order valence-electron chi connectivity index (χ1n) is 6.75. The molecule has 4 nitrogen and oxygen atoms in total. The van der Waals surface area contributed by atoms with Crippen LogP contribution in [0.4, 0.5) is 4.79 Å². The maximum atomic E-state index is 11.6. The van der Waals surface area contributed by atoms with Crippen LogP contribution in [0.5, 0.6) is 0 Å². The zero-order valence-corrected chi connectivity index (χ0v) is 10.7. The van der Waals surface area contributed by atoms with Gasteiger partial charge >= 0.3 is 6.09 Å². The van der Waals surface area contributed by atoms with E-state index in [1.807, 2.05) is 0 Å². The number of ether oxygens (including phenoxy) is 1. The highest BCUT2D eigenvalue weighted by Crippen LogP contribution is 2.43. The minimum atomic E-state index is -0.157. The molecule has 1 saturated heterocycles. The topological polar surface area (TPSA) is 49.8 Å². The normalized spacial score (nSPS) is 23.5. The average molecular weight is 241 g/mol. The number of hydrogen-bond acceptors (Lipinski definition) is 3. The Hall–Kier alpha value is -0.770. The molecule has 1 saturated carbocycles. The summed E-state index contributed by atoms with van der Waals surface area (Å²) in [6, 6.07) is 0. The Balaban J connectivity index is 1.69. The zero-order valence-electron chi connectivity index (χ0n) is 10.7. The molecule has 0 radical (unpaired) electrons. The van der Waals surface area contributed by atoms with E-state index < -0.39 is 0 Å². The summed E-state index contributed by atoms with van der Waals surface area (Å²) in [7, 11) is 0. The van der Waals surface area contributed by atoms with Crippen molar-refractivity contribution in [2.24, 2.45) is 5.41 Å². The summed E-state index contributed by atoms with van der Waals surface area (Å²) in [6.45, 7) is 4.27. The van der Waals surface area contributed by atoms with Gasteiger partial charge in [-0.15, -0.1) is 0 Å². The second-order valence-electron chi connectivity index (χ2n) is 5.56. The average Bonchev–Trinajstić information content (AvgIpc) is 2.27. The molecule has 0 atom stereocenters. The van der Waals surface area contributed by atoms with E-state index in [0.717, 1.165) is 51.6 Å². The summed E-state index contributed by atoms with van der Waals surface area (Å²) in [6.07, 6.45) is 5.59. The first-order valence-corrected chi connectivity index (χ1v) is 6.75. The minimum Gasteiger partial charge on any atom is -0.449 e. The largest absolute Gasteiger partial charge is 0.449 e. The van der Waals surface area contributed by atoms with Crippen LogP contribution in [0.3, 0.4) is 0 Å². The van der Waals surface area contributed by atoms with Gasteiger partial charge in [0, 0.05) is 18.5 Å². The number of aliphatic hydroxyl groups is 1. The highest BCUT2D eigenvalue weighted by molar-refractivity contribution is 5.69. The number of rotatable bonds is 3. The second kappa shape index (κ2) is 5.25. The number of aliphatic hydroxyl groups excluding tert-OH is 1. The molecule has 2 rings (SSSR count). The Bertz CT molecular complexity index is 264. The number of carbonyl (C=O) groups excluding carboxylic acids is 1. The van der Waals surface area contributed by atoms with E-state index in [-0.39, 0.29) is 12.2 Å². The van der Waals surface area contributed by atoms with Crippen molar-refractivity contribution >= 4 is 6.09 Å². The molecule has 0 bridgehead atoms. The SMILES string of the molecule is CCCCOC(=O)N1CC2(CCC(O)CC2)C1. The Morgan fingerprint density at radius 3 is 2.65 bits per heavy atom. The van der Waals surface area contributed by atoms with Crippen LogP contribution in [-0.4, -0.2) is 41.9 Å². The molecule has 1 heterocycles. The van der Waals surface area contributed by atoms with Gasteiger partial charge < -0.3 is 14.7 Å². The summed E-state index contributed by atoms with van der Waals surface area (Å²) in [5.74, 6) is 0. The molecule has 98 valence electrons. The first kappa shape index (κ1) is 12.7. The third-order valence-electron chi connectivity index (χ3n) is 4.05. The molecule has 0 aromatic carbocycles. The summed E-state index contributed by atoms with van der Waals surface area (Å²) in [4.78, 5) is 13.4. The number of amides is 1. The molecule has 2 fully saturated rings. The number of unbranched alkanes of at least 4 members (excludes halogenated alkanes) is 1. The first-order chi connectivity index (χ1) is 8.15. The lowest BCUT2D eigenvalue weighted by molar-refractivity contribution is -0.0480. The van der Waals surface area contributed by atoms with Crippen LogP contribution in [0, 0.1) is 5.41 Å². The fourth-order valence-corrected chi connectivity index (χ4v) is 2.82. The summed E-state index contributed by atoms with van der Waals surface area (Å²) in [5.41, 5.74) is 0.295. The molecular formula is C13H23NO3. The number of hydrogen-bond donors (Lipinski definition) is 1. The van der Waals surface area contributed by atoms with Crippen LogP contribution < -0.4 is 0 Å². The Kier molecular flexibility index (Phi) is 3.92. The van der Waals surface area contributed by atoms with Gasteiger partial charge in [-0.05, 0) is 32.1 Å². The van der Waals surface area contributed by atoms with Gasteiger partial charge in [-0.3, -0.25) is 0 Å². The Morgan fingerprint density at radius 1 is 1.41 bits per heavy atom. The maximum absolute atomic E-state index is 11.6. The van der Waals surface area contributed by atoms with Crippen LogP contribution >= 0.6 is 0 Å². The highest BCUT2D eigenvalue weighted by Gasteiger charge is 2.47. The number of carbonyl (C=O) groups is 1. The highest BCUT2D eigenvalue weighted by atomic mass is 16.6. The molecule has 1 amide bonds. The third kappa shape index (κ3) is 2.92. The van der Waals surface area contributed by atoms with Gasteiger partial charge in [0.15, 0.2) is 0 Å². The smallest absolute Gasteiger partial charge is 0.409 e. The van der Waals surface area contributed by atoms with Crippen molar-refractivity contribution in [3.63, 3.8) is 0 Å². The van der Waals surface area contributed by atoms with Gasteiger partial charge in [0.2, 0.25) is 0 Å². The standard InChI is InChI=1S/C13H23NO3/c1-2-3-8-17-12(16)14-9-13(10-14)6-4-11(15)5-7-13/h11,15H,2-10H2,1H3.